The Morgan fingerprint density at radius 3 is 1.05 bits per heavy atom. The predicted molar refractivity (Wildman–Crippen MR) is 148 cm³/mol. The van der Waals surface area contributed by atoms with Gasteiger partial charge >= 0.3 is 0 Å². The number of likely N-dealkylation sites (tertiary alicyclic amines) is 2. The molecule has 0 aromatic heterocycles. The molecule has 0 N–H and O–H groups in total. The van der Waals surface area contributed by atoms with Crippen LogP contribution in [0.5, 0.6) is 0 Å². The molecule has 0 atom stereocenters. The first kappa shape index (κ1) is 32.4. The molecule has 0 spiro atoms. The van der Waals surface area contributed by atoms with E-state index in [4.69, 9.17) is 0 Å². The van der Waals surface area contributed by atoms with Crippen LogP contribution in [-0.2, 0) is 20.2 Å². The monoisotopic (exact) mass is 568 g/mol. The van der Waals surface area contributed by atoms with Crippen LogP contribution in [0, 0.1) is 0 Å². The zero-order chi connectivity index (χ0) is 28.5. The first-order valence-electron chi connectivity index (χ1n) is 13.5. The molecule has 2 aromatic carbocycles. The fourth-order valence-electron chi connectivity index (χ4n) is 5.35. The molecular formula is C28H44N2O6S2. The minimum Gasteiger partial charge on any atom is -0.744 e. The summed E-state index contributed by atoms with van der Waals surface area (Å²) in [5.41, 5.74) is 1.18. The highest BCUT2D eigenvalue weighted by atomic mass is 32.2. The van der Waals surface area contributed by atoms with E-state index in [0.717, 1.165) is 24.3 Å². The van der Waals surface area contributed by atoms with Crippen LogP contribution in [-0.4, -0.2) is 88.3 Å². The Hall–Kier alpha value is -1.82. The Kier molecular flexibility index (Phi) is 11.9. The predicted octanol–water partition coefficient (Wildman–Crippen LogP) is 4.44. The third-order valence-electron chi connectivity index (χ3n) is 7.44. The normalized spacial score (nSPS) is 18.2. The second-order valence-electron chi connectivity index (χ2n) is 11.0. The molecule has 0 aliphatic carbocycles. The second-order valence-corrected chi connectivity index (χ2v) is 13.7. The fraction of sp³-hybridized carbons (Fsp3) is 0.571. The lowest BCUT2D eigenvalue weighted by Crippen LogP contribution is -2.41. The van der Waals surface area contributed by atoms with Crippen molar-refractivity contribution in [2.75, 3.05) is 53.4 Å². The minimum atomic E-state index is -4.50. The van der Waals surface area contributed by atoms with E-state index in [2.05, 4.69) is 27.9 Å². The van der Waals surface area contributed by atoms with Crippen molar-refractivity contribution in [1.29, 1.82) is 0 Å². The van der Waals surface area contributed by atoms with Gasteiger partial charge in [-0.3, -0.25) is 0 Å². The number of quaternary nitrogens is 2. The lowest BCUT2D eigenvalue weighted by Gasteiger charge is -2.28. The lowest BCUT2D eigenvalue weighted by molar-refractivity contribution is -0.897. The first-order valence-corrected chi connectivity index (χ1v) is 16.3. The zero-order valence-electron chi connectivity index (χ0n) is 23.3. The minimum absolute atomic E-state index is 0.347. The fourth-order valence-corrected chi connectivity index (χ4v) is 6.29. The van der Waals surface area contributed by atoms with Crippen LogP contribution in [0.2, 0.25) is 0 Å². The van der Waals surface area contributed by atoms with Gasteiger partial charge in [0.2, 0.25) is 0 Å². The van der Waals surface area contributed by atoms with Crippen molar-refractivity contribution < 1.29 is 34.9 Å². The zero-order valence-corrected chi connectivity index (χ0v) is 24.9. The summed E-state index contributed by atoms with van der Waals surface area (Å²) in [4.78, 5) is -0.694. The highest BCUT2D eigenvalue weighted by Gasteiger charge is 2.25. The Morgan fingerprint density at radius 2 is 0.842 bits per heavy atom. The van der Waals surface area contributed by atoms with Gasteiger partial charge in [0, 0.05) is 25.7 Å². The van der Waals surface area contributed by atoms with Gasteiger partial charge < -0.3 is 18.1 Å². The SMILES string of the molecule is CCC[N+]1(C)CCCC1.CCC[N+]1(C)CCCC1.O=S(=O)([O-])c1ccc(-c2ccc(S(=O)(=O)[O-])cc2)cc1. The van der Waals surface area contributed by atoms with Crippen molar-refractivity contribution in [2.24, 2.45) is 0 Å². The van der Waals surface area contributed by atoms with Gasteiger partial charge in [-0.1, -0.05) is 38.1 Å². The molecule has 0 bridgehead atoms. The molecule has 38 heavy (non-hydrogen) atoms. The third kappa shape index (κ3) is 10.4. The van der Waals surface area contributed by atoms with Crippen molar-refractivity contribution in [1.82, 2.24) is 0 Å². The molecule has 2 aliphatic heterocycles. The maximum atomic E-state index is 10.8. The molecule has 10 heteroatoms. The van der Waals surface area contributed by atoms with Gasteiger partial charge in [-0.15, -0.1) is 0 Å². The summed E-state index contributed by atoms with van der Waals surface area (Å²) in [7, 11) is -4.23. The Morgan fingerprint density at radius 1 is 0.579 bits per heavy atom. The van der Waals surface area contributed by atoms with E-state index >= 15 is 0 Å². The van der Waals surface area contributed by atoms with Gasteiger partial charge in [-0.25, -0.2) is 16.8 Å². The molecule has 8 nitrogen and oxygen atoms in total. The van der Waals surface area contributed by atoms with E-state index in [9.17, 15) is 25.9 Å². The van der Waals surface area contributed by atoms with Crippen LogP contribution < -0.4 is 0 Å². The summed E-state index contributed by atoms with van der Waals surface area (Å²) >= 11 is 0. The molecule has 2 saturated heterocycles. The maximum Gasteiger partial charge on any atom is 0.124 e. The standard InChI is InChI=1S/C12H10O6S2.2C8H18N/c13-19(14,15)11-5-1-9(2-6-11)10-3-7-12(8-4-10)20(16,17)18;2*1-3-6-9(2)7-4-5-8-9/h1-8H,(H,13,14,15)(H,16,17,18);2*3-8H2,1-2H3/q;2*+1/p-2. The van der Waals surface area contributed by atoms with E-state index in [1.807, 2.05) is 0 Å². The number of nitrogens with zero attached hydrogens (tertiary/aromatic N) is 2. The van der Waals surface area contributed by atoms with Crippen LogP contribution in [0.25, 0.3) is 11.1 Å². The van der Waals surface area contributed by atoms with Crippen molar-refractivity contribution in [3.63, 3.8) is 0 Å². The largest absolute Gasteiger partial charge is 0.744 e. The quantitative estimate of drug-likeness (QED) is 0.360. The smallest absolute Gasteiger partial charge is 0.124 e. The van der Waals surface area contributed by atoms with E-state index in [1.54, 1.807) is 0 Å². The molecule has 2 aliphatic rings. The molecule has 0 radical (unpaired) electrons. The second kappa shape index (κ2) is 14.0. The van der Waals surface area contributed by atoms with Crippen LogP contribution in [0.4, 0.5) is 0 Å². The van der Waals surface area contributed by atoms with Crippen LogP contribution in [0.1, 0.15) is 52.4 Å². The van der Waals surface area contributed by atoms with E-state index in [0.29, 0.717) is 11.1 Å². The van der Waals surface area contributed by atoms with Crippen LogP contribution in [0.15, 0.2) is 58.3 Å². The first-order chi connectivity index (χ1) is 17.7. The van der Waals surface area contributed by atoms with Gasteiger partial charge in [0.05, 0.1) is 63.2 Å². The molecule has 4 rings (SSSR count). The van der Waals surface area contributed by atoms with Crippen molar-refractivity contribution in [3.8, 4) is 11.1 Å². The van der Waals surface area contributed by atoms with E-state index < -0.39 is 20.2 Å². The van der Waals surface area contributed by atoms with Gasteiger partial charge in [-0.2, -0.15) is 0 Å². The molecule has 2 fully saturated rings. The number of hydrogen-bond donors (Lipinski definition) is 0. The molecule has 2 aromatic rings. The summed E-state index contributed by atoms with van der Waals surface area (Å²) in [6.07, 6.45) is 8.51. The summed E-state index contributed by atoms with van der Waals surface area (Å²) in [6, 6.07) is 10.3. The topological polar surface area (TPSA) is 114 Å². The number of rotatable bonds is 7. The highest BCUT2D eigenvalue weighted by molar-refractivity contribution is 7.86. The Labute approximate surface area is 230 Å². The van der Waals surface area contributed by atoms with Crippen molar-refractivity contribution >= 4 is 20.2 Å². The third-order valence-corrected chi connectivity index (χ3v) is 9.14. The summed E-state index contributed by atoms with van der Waals surface area (Å²) in [5, 5.41) is 0. The molecular weight excluding hydrogens is 524 g/mol. The molecule has 2 heterocycles. The van der Waals surface area contributed by atoms with E-state index in [1.165, 1.54) is 111 Å². The summed E-state index contributed by atoms with van der Waals surface area (Å²) in [5.74, 6) is 0. The summed E-state index contributed by atoms with van der Waals surface area (Å²) < 4.78 is 67.4. The van der Waals surface area contributed by atoms with Crippen LogP contribution >= 0.6 is 0 Å². The van der Waals surface area contributed by atoms with Crippen molar-refractivity contribution in [3.05, 3.63) is 48.5 Å². The van der Waals surface area contributed by atoms with Gasteiger partial charge in [0.25, 0.3) is 0 Å². The van der Waals surface area contributed by atoms with Gasteiger partial charge in [0.1, 0.15) is 20.2 Å². The molecule has 0 amide bonds. The lowest BCUT2D eigenvalue weighted by atomic mass is 10.1. The van der Waals surface area contributed by atoms with Crippen LogP contribution in [0.3, 0.4) is 0 Å². The average molecular weight is 569 g/mol. The Balaban J connectivity index is 0.000000232. The van der Waals surface area contributed by atoms with Gasteiger partial charge in [-0.05, 0) is 48.2 Å². The molecule has 0 saturated carbocycles. The number of benzene rings is 2. The average Bonchev–Trinajstić information content (AvgIpc) is 3.48. The number of hydrogen-bond acceptors (Lipinski definition) is 6. The Bertz CT molecular complexity index is 1100. The maximum absolute atomic E-state index is 10.8. The summed E-state index contributed by atoms with van der Waals surface area (Å²) in [6.45, 7) is 13.0. The van der Waals surface area contributed by atoms with E-state index in [-0.39, 0.29) is 9.79 Å². The highest BCUT2D eigenvalue weighted by Crippen LogP contribution is 2.23. The van der Waals surface area contributed by atoms with Crippen molar-refractivity contribution in [2.45, 2.75) is 62.2 Å². The molecule has 0 unspecified atom stereocenters. The van der Waals surface area contributed by atoms with Gasteiger partial charge in [0.15, 0.2) is 0 Å². The molecule has 214 valence electrons.